The second-order valence-electron chi connectivity index (χ2n) is 7.12. The monoisotopic (exact) mass is 398 g/mol. The van der Waals surface area contributed by atoms with Crippen LogP contribution in [-0.2, 0) is 11.3 Å². The molecule has 0 saturated carbocycles. The molecule has 0 unspecified atom stereocenters. The van der Waals surface area contributed by atoms with Gasteiger partial charge in [-0.25, -0.2) is 0 Å². The van der Waals surface area contributed by atoms with Gasteiger partial charge in [-0.2, -0.15) is 0 Å². The van der Waals surface area contributed by atoms with Crippen molar-refractivity contribution in [2.24, 2.45) is 0 Å². The van der Waals surface area contributed by atoms with E-state index in [2.05, 4.69) is 16.3 Å². The Hall–Kier alpha value is -2.73. The van der Waals surface area contributed by atoms with Gasteiger partial charge in [-0.05, 0) is 50.1 Å². The third-order valence-corrected chi connectivity index (χ3v) is 5.04. The molecule has 1 amide bonds. The highest BCUT2D eigenvalue weighted by Crippen LogP contribution is 2.21. The molecule has 1 N–H and O–H groups in total. The summed E-state index contributed by atoms with van der Waals surface area (Å²) >= 11 is 0. The van der Waals surface area contributed by atoms with Gasteiger partial charge in [0.25, 0.3) is 5.91 Å². The Morgan fingerprint density at radius 1 is 1.03 bits per heavy atom. The number of carbonyl (C=O) groups excluding carboxylic acids is 1. The number of piperidine rings is 1. The fraction of sp³-hybridized carbons (Fsp3) is 0.435. The summed E-state index contributed by atoms with van der Waals surface area (Å²) in [7, 11) is 1.70. The highest BCUT2D eigenvalue weighted by Gasteiger charge is 2.21. The van der Waals surface area contributed by atoms with Gasteiger partial charge in [0.2, 0.25) is 0 Å². The molecule has 2 aromatic rings. The van der Waals surface area contributed by atoms with Crippen LogP contribution in [0.5, 0.6) is 17.2 Å². The summed E-state index contributed by atoms with van der Waals surface area (Å²) in [5.74, 6) is 2.30. The smallest absolute Gasteiger partial charge is 0.258 e. The van der Waals surface area contributed by atoms with Crippen LogP contribution in [0.25, 0.3) is 0 Å². The van der Waals surface area contributed by atoms with Crippen LogP contribution in [0, 0.1) is 0 Å². The summed E-state index contributed by atoms with van der Waals surface area (Å²) < 4.78 is 16.4. The zero-order valence-corrected chi connectivity index (χ0v) is 17.2. The first-order valence-electron chi connectivity index (χ1n) is 10.2. The number of ether oxygens (including phenoxy) is 3. The Labute approximate surface area is 172 Å². The molecule has 1 heterocycles. The van der Waals surface area contributed by atoms with Crippen LogP contribution in [0.1, 0.15) is 25.3 Å². The average molecular weight is 399 g/mol. The van der Waals surface area contributed by atoms with Crippen molar-refractivity contribution < 1.29 is 19.0 Å². The predicted octanol–water partition coefficient (Wildman–Crippen LogP) is 3.25. The van der Waals surface area contributed by atoms with E-state index < -0.39 is 0 Å². The van der Waals surface area contributed by atoms with E-state index >= 15 is 0 Å². The molecule has 0 spiro atoms. The molecule has 1 aliphatic rings. The van der Waals surface area contributed by atoms with E-state index in [1.165, 1.54) is 5.56 Å². The molecular formula is C23H30N2O4. The van der Waals surface area contributed by atoms with Crippen molar-refractivity contribution in [3.8, 4) is 17.2 Å². The van der Waals surface area contributed by atoms with Crippen molar-refractivity contribution in [3.63, 3.8) is 0 Å². The summed E-state index contributed by atoms with van der Waals surface area (Å²) in [6.07, 6.45) is 1.87. The lowest BCUT2D eigenvalue weighted by Crippen LogP contribution is -2.45. The van der Waals surface area contributed by atoms with Crippen LogP contribution < -0.4 is 19.5 Å². The van der Waals surface area contributed by atoms with Gasteiger partial charge in [0.15, 0.2) is 6.61 Å². The third kappa shape index (κ3) is 6.39. The van der Waals surface area contributed by atoms with E-state index in [-0.39, 0.29) is 18.6 Å². The van der Waals surface area contributed by atoms with E-state index in [4.69, 9.17) is 14.2 Å². The minimum atomic E-state index is -0.0814. The second-order valence-corrected chi connectivity index (χ2v) is 7.12. The zero-order valence-electron chi connectivity index (χ0n) is 17.2. The van der Waals surface area contributed by atoms with Gasteiger partial charge in [-0.15, -0.1) is 0 Å². The molecule has 0 radical (unpaired) electrons. The molecule has 1 fully saturated rings. The highest BCUT2D eigenvalue weighted by molar-refractivity contribution is 5.77. The van der Waals surface area contributed by atoms with Crippen LogP contribution >= 0.6 is 0 Å². The summed E-state index contributed by atoms with van der Waals surface area (Å²) in [5, 5.41) is 3.09. The number of para-hydroxylation sites is 1. The van der Waals surface area contributed by atoms with Crippen molar-refractivity contribution in [1.29, 1.82) is 0 Å². The fourth-order valence-electron chi connectivity index (χ4n) is 3.53. The minimum absolute atomic E-state index is 0.0232. The highest BCUT2D eigenvalue weighted by atomic mass is 16.5. The molecule has 29 heavy (non-hydrogen) atoms. The van der Waals surface area contributed by atoms with E-state index in [0.717, 1.165) is 44.0 Å². The Bertz CT molecular complexity index is 771. The third-order valence-electron chi connectivity index (χ3n) is 5.04. The maximum Gasteiger partial charge on any atom is 0.258 e. The normalized spacial score (nSPS) is 15.0. The van der Waals surface area contributed by atoms with Crippen LogP contribution in [0.3, 0.4) is 0 Å². The first-order valence-corrected chi connectivity index (χ1v) is 10.2. The molecule has 6 nitrogen and oxygen atoms in total. The molecule has 0 aromatic heterocycles. The topological polar surface area (TPSA) is 60.0 Å². The van der Waals surface area contributed by atoms with E-state index in [9.17, 15) is 4.79 Å². The zero-order chi connectivity index (χ0) is 20.5. The molecule has 2 aromatic carbocycles. The number of benzene rings is 2. The largest absolute Gasteiger partial charge is 0.496 e. The van der Waals surface area contributed by atoms with Gasteiger partial charge in [-0.1, -0.05) is 18.2 Å². The Morgan fingerprint density at radius 2 is 1.69 bits per heavy atom. The number of nitrogens with zero attached hydrogens (tertiary/aromatic N) is 1. The maximum absolute atomic E-state index is 12.2. The number of rotatable bonds is 9. The lowest BCUT2D eigenvalue weighted by atomic mass is 10.0. The van der Waals surface area contributed by atoms with Crippen LogP contribution in [0.4, 0.5) is 0 Å². The lowest BCUT2D eigenvalue weighted by molar-refractivity contribution is -0.124. The standard InChI is InChI=1S/C23H30N2O4/c1-3-28-20-8-10-21(11-9-20)29-17-23(26)24-19-12-14-25(15-13-19)16-18-6-4-5-7-22(18)27-2/h4-11,19H,3,12-17H2,1-2H3,(H,24,26). The molecule has 3 rings (SSSR count). The maximum atomic E-state index is 12.2. The summed E-state index contributed by atoms with van der Waals surface area (Å²) in [5.41, 5.74) is 1.20. The van der Waals surface area contributed by atoms with Crippen molar-refractivity contribution >= 4 is 5.91 Å². The van der Waals surface area contributed by atoms with Gasteiger partial charge in [0.1, 0.15) is 17.2 Å². The number of hydrogen-bond acceptors (Lipinski definition) is 5. The van der Waals surface area contributed by atoms with E-state index in [1.54, 1.807) is 7.11 Å². The van der Waals surface area contributed by atoms with Gasteiger partial charge in [0, 0.05) is 31.2 Å². The average Bonchev–Trinajstić information content (AvgIpc) is 2.75. The number of methoxy groups -OCH3 is 1. The molecule has 0 bridgehead atoms. The Kier molecular flexibility index (Phi) is 7.76. The van der Waals surface area contributed by atoms with Gasteiger partial charge < -0.3 is 19.5 Å². The first-order chi connectivity index (χ1) is 14.2. The molecule has 1 saturated heterocycles. The summed E-state index contributed by atoms with van der Waals surface area (Å²) in [4.78, 5) is 14.6. The van der Waals surface area contributed by atoms with Gasteiger partial charge >= 0.3 is 0 Å². The molecule has 1 aliphatic heterocycles. The Balaban J connectivity index is 1.38. The fourth-order valence-corrected chi connectivity index (χ4v) is 3.53. The van der Waals surface area contributed by atoms with Gasteiger partial charge in [-0.3, -0.25) is 9.69 Å². The summed E-state index contributed by atoms with van der Waals surface area (Å²) in [6.45, 7) is 5.35. The van der Waals surface area contributed by atoms with Crippen molar-refractivity contribution in [2.75, 3.05) is 33.4 Å². The van der Waals surface area contributed by atoms with E-state index in [0.29, 0.717) is 12.4 Å². The number of hydrogen-bond donors (Lipinski definition) is 1. The molecule has 0 atom stereocenters. The van der Waals surface area contributed by atoms with Crippen molar-refractivity contribution in [1.82, 2.24) is 10.2 Å². The van der Waals surface area contributed by atoms with Crippen LogP contribution in [0.15, 0.2) is 48.5 Å². The number of likely N-dealkylation sites (tertiary alicyclic amines) is 1. The van der Waals surface area contributed by atoms with Crippen LogP contribution in [0.2, 0.25) is 0 Å². The quantitative estimate of drug-likeness (QED) is 0.703. The SMILES string of the molecule is CCOc1ccc(OCC(=O)NC2CCN(Cc3ccccc3OC)CC2)cc1. The minimum Gasteiger partial charge on any atom is -0.496 e. The molecule has 156 valence electrons. The van der Waals surface area contributed by atoms with E-state index in [1.807, 2.05) is 49.4 Å². The number of carbonyl (C=O) groups is 1. The van der Waals surface area contributed by atoms with Gasteiger partial charge in [0.05, 0.1) is 13.7 Å². The lowest BCUT2D eigenvalue weighted by Gasteiger charge is -2.32. The Morgan fingerprint density at radius 3 is 2.34 bits per heavy atom. The van der Waals surface area contributed by atoms with Crippen LogP contribution in [-0.4, -0.2) is 50.3 Å². The number of amides is 1. The van der Waals surface area contributed by atoms with Crippen molar-refractivity contribution in [3.05, 3.63) is 54.1 Å². The molecular weight excluding hydrogens is 368 g/mol. The molecule has 0 aliphatic carbocycles. The summed E-state index contributed by atoms with van der Waals surface area (Å²) in [6, 6.07) is 15.6. The van der Waals surface area contributed by atoms with Crippen molar-refractivity contribution in [2.45, 2.75) is 32.4 Å². The number of nitrogens with one attached hydrogen (secondary N) is 1. The molecule has 6 heteroatoms. The predicted molar refractivity (Wildman–Crippen MR) is 113 cm³/mol. The second kappa shape index (κ2) is 10.7. The first kappa shape index (κ1) is 21.0.